The third-order valence-electron chi connectivity index (χ3n) is 5.17. The number of amides is 3. The molecule has 0 radical (unpaired) electrons. The number of ether oxygens (including phenoxy) is 2. The van der Waals surface area contributed by atoms with Crippen LogP contribution in [0.2, 0.25) is 0 Å². The first-order chi connectivity index (χ1) is 12.9. The number of nitrogens with zero attached hydrogens (tertiary/aromatic N) is 2. The van der Waals surface area contributed by atoms with Gasteiger partial charge in [-0.05, 0) is 18.4 Å². The van der Waals surface area contributed by atoms with Crippen molar-refractivity contribution < 1.29 is 28.7 Å². The van der Waals surface area contributed by atoms with E-state index >= 15 is 0 Å². The quantitative estimate of drug-likeness (QED) is 0.733. The van der Waals surface area contributed by atoms with Crippen molar-refractivity contribution in [3.8, 4) is 0 Å². The van der Waals surface area contributed by atoms with Crippen LogP contribution in [0.4, 0.5) is 4.79 Å². The van der Waals surface area contributed by atoms with E-state index in [9.17, 15) is 19.2 Å². The molecule has 144 valence electrons. The number of hydrogen-bond donors (Lipinski definition) is 0. The van der Waals surface area contributed by atoms with Crippen molar-refractivity contribution in [1.82, 2.24) is 9.80 Å². The maximum absolute atomic E-state index is 13.0. The van der Waals surface area contributed by atoms with Crippen LogP contribution in [0.25, 0.3) is 0 Å². The van der Waals surface area contributed by atoms with Crippen LogP contribution in [0.1, 0.15) is 25.3 Å². The van der Waals surface area contributed by atoms with Crippen molar-refractivity contribution in [1.29, 1.82) is 0 Å². The highest BCUT2D eigenvalue weighted by Crippen LogP contribution is 2.37. The Hall–Kier alpha value is -2.90. The van der Waals surface area contributed by atoms with Gasteiger partial charge in [0.15, 0.2) is 6.61 Å². The fourth-order valence-electron chi connectivity index (χ4n) is 3.53. The summed E-state index contributed by atoms with van der Waals surface area (Å²) >= 11 is 0. The largest absolute Gasteiger partial charge is 0.455 e. The minimum atomic E-state index is -0.918. The van der Waals surface area contributed by atoms with Crippen LogP contribution in [0, 0.1) is 0 Å². The van der Waals surface area contributed by atoms with Gasteiger partial charge in [-0.25, -0.2) is 9.69 Å². The van der Waals surface area contributed by atoms with Crippen LogP contribution in [0.15, 0.2) is 30.3 Å². The smallest absolute Gasteiger partial charge is 0.416 e. The van der Waals surface area contributed by atoms with Crippen molar-refractivity contribution in [3.05, 3.63) is 35.9 Å². The third-order valence-corrected chi connectivity index (χ3v) is 5.17. The summed E-state index contributed by atoms with van der Waals surface area (Å²) in [5.41, 5.74) is -0.120. The van der Waals surface area contributed by atoms with Crippen LogP contribution < -0.4 is 0 Å². The van der Waals surface area contributed by atoms with Gasteiger partial charge in [0.05, 0.1) is 12.0 Å². The molecular weight excluding hydrogens is 352 g/mol. The predicted molar refractivity (Wildman–Crippen MR) is 93.6 cm³/mol. The number of cyclic esters (lactones) is 1. The lowest BCUT2D eigenvalue weighted by atomic mass is 9.72. The van der Waals surface area contributed by atoms with Gasteiger partial charge in [-0.1, -0.05) is 30.3 Å². The zero-order chi connectivity index (χ0) is 19.4. The van der Waals surface area contributed by atoms with Gasteiger partial charge in [0.1, 0.15) is 6.61 Å². The van der Waals surface area contributed by atoms with Gasteiger partial charge < -0.3 is 14.4 Å². The van der Waals surface area contributed by atoms with E-state index in [0.29, 0.717) is 25.9 Å². The summed E-state index contributed by atoms with van der Waals surface area (Å²) in [4.78, 5) is 50.8. The van der Waals surface area contributed by atoms with E-state index in [1.54, 1.807) is 4.90 Å². The molecule has 0 unspecified atom stereocenters. The van der Waals surface area contributed by atoms with Gasteiger partial charge in [-0.2, -0.15) is 0 Å². The van der Waals surface area contributed by atoms with Crippen LogP contribution in [0.5, 0.6) is 0 Å². The molecule has 8 heteroatoms. The van der Waals surface area contributed by atoms with Gasteiger partial charge >= 0.3 is 12.1 Å². The molecule has 0 N–H and O–H groups in total. The molecule has 2 fully saturated rings. The van der Waals surface area contributed by atoms with E-state index in [4.69, 9.17) is 9.47 Å². The van der Waals surface area contributed by atoms with E-state index in [1.165, 1.54) is 6.92 Å². The van der Waals surface area contributed by atoms with Crippen molar-refractivity contribution in [2.75, 3.05) is 32.8 Å². The lowest BCUT2D eigenvalue weighted by Crippen LogP contribution is -2.49. The summed E-state index contributed by atoms with van der Waals surface area (Å²) in [6.07, 6.45) is 0.105. The molecule has 2 saturated heterocycles. The number of carbonyl (C=O) groups excluding carboxylic acids is 4. The van der Waals surface area contributed by atoms with Crippen molar-refractivity contribution in [3.63, 3.8) is 0 Å². The molecule has 0 saturated carbocycles. The molecular formula is C19H22N2O6. The van der Waals surface area contributed by atoms with Crippen LogP contribution in [0.3, 0.4) is 0 Å². The topological polar surface area (TPSA) is 93.2 Å². The first-order valence-electron chi connectivity index (χ1n) is 8.89. The average molecular weight is 374 g/mol. The Balaban J connectivity index is 1.73. The lowest BCUT2D eigenvalue weighted by molar-refractivity contribution is -0.158. The average Bonchev–Trinajstić information content (AvgIpc) is 3.12. The molecule has 27 heavy (non-hydrogen) atoms. The van der Waals surface area contributed by atoms with Crippen molar-refractivity contribution in [2.45, 2.75) is 25.2 Å². The maximum atomic E-state index is 13.0. The van der Waals surface area contributed by atoms with E-state index in [2.05, 4.69) is 0 Å². The van der Waals surface area contributed by atoms with E-state index in [-0.39, 0.29) is 19.1 Å². The fourth-order valence-corrected chi connectivity index (χ4v) is 3.53. The summed E-state index contributed by atoms with van der Waals surface area (Å²) in [7, 11) is 0. The SMILES string of the molecule is CC(=O)N1CCC(C(=O)OCC(=O)N2CCOC2=O)(c2ccccc2)CC1. The minimum Gasteiger partial charge on any atom is -0.455 e. The Labute approximate surface area is 157 Å². The van der Waals surface area contributed by atoms with Gasteiger partial charge in [-0.15, -0.1) is 0 Å². The Morgan fingerprint density at radius 3 is 2.33 bits per heavy atom. The minimum absolute atomic E-state index is 0.0345. The molecule has 2 aliphatic heterocycles. The third kappa shape index (κ3) is 3.79. The second-order valence-electron chi connectivity index (χ2n) is 6.69. The lowest BCUT2D eigenvalue weighted by Gasteiger charge is -2.40. The van der Waals surface area contributed by atoms with E-state index in [1.807, 2.05) is 30.3 Å². The molecule has 2 heterocycles. The Morgan fingerprint density at radius 2 is 1.78 bits per heavy atom. The molecule has 1 aromatic rings. The summed E-state index contributed by atoms with van der Waals surface area (Å²) in [5.74, 6) is -1.15. The first-order valence-corrected chi connectivity index (χ1v) is 8.89. The summed E-state index contributed by atoms with van der Waals surface area (Å²) in [5, 5.41) is 0. The summed E-state index contributed by atoms with van der Waals surface area (Å²) in [6, 6.07) is 9.24. The molecule has 8 nitrogen and oxygen atoms in total. The standard InChI is InChI=1S/C19H22N2O6/c1-14(22)20-9-7-19(8-10-20,15-5-3-2-4-6-15)17(24)27-13-16(23)21-11-12-26-18(21)25/h2-6H,7-13H2,1H3. The summed E-state index contributed by atoms with van der Waals surface area (Å²) in [6.45, 7) is 2.16. The molecule has 0 spiro atoms. The van der Waals surface area contributed by atoms with Crippen molar-refractivity contribution in [2.24, 2.45) is 0 Å². The Bertz CT molecular complexity index is 740. The zero-order valence-electron chi connectivity index (χ0n) is 15.2. The van der Waals surface area contributed by atoms with Gasteiger partial charge in [0.2, 0.25) is 5.91 Å². The highest BCUT2D eigenvalue weighted by atomic mass is 16.6. The highest BCUT2D eigenvalue weighted by molar-refractivity contribution is 5.95. The number of piperidine rings is 1. The maximum Gasteiger partial charge on any atom is 0.416 e. The second-order valence-corrected chi connectivity index (χ2v) is 6.69. The van der Waals surface area contributed by atoms with E-state index < -0.39 is 30.0 Å². The number of benzene rings is 1. The second kappa shape index (κ2) is 7.77. The molecule has 1 aromatic carbocycles. The molecule has 0 bridgehead atoms. The molecule has 3 amide bonds. The number of likely N-dealkylation sites (tertiary alicyclic amines) is 1. The van der Waals surface area contributed by atoms with E-state index in [0.717, 1.165) is 10.5 Å². The molecule has 0 aliphatic carbocycles. The van der Waals surface area contributed by atoms with Crippen LogP contribution in [-0.4, -0.2) is 66.5 Å². The Kier molecular flexibility index (Phi) is 5.43. The monoisotopic (exact) mass is 374 g/mol. The zero-order valence-corrected chi connectivity index (χ0v) is 15.2. The highest BCUT2D eigenvalue weighted by Gasteiger charge is 2.45. The number of imide groups is 1. The Morgan fingerprint density at radius 1 is 1.11 bits per heavy atom. The van der Waals surface area contributed by atoms with Gasteiger partial charge in [-0.3, -0.25) is 14.4 Å². The first kappa shape index (κ1) is 18.9. The van der Waals surface area contributed by atoms with Gasteiger partial charge in [0.25, 0.3) is 5.91 Å². The molecule has 0 aromatic heterocycles. The predicted octanol–water partition coefficient (Wildman–Crippen LogP) is 1.09. The van der Waals surface area contributed by atoms with Crippen molar-refractivity contribution >= 4 is 23.9 Å². The fraction of sp³-hybridized carbons (Fsp3) is 0.474. The van der Waals surface area contributed by atoms with Gasteiger partial charge in [0, 0.05) is 20.0 Å². The number of rotatable bonds is 4. The molecule has 0 atom stereocenters. The molecule has 2 aliphatic rings. The summed E-state index contributed by atoms with van der Waals surface area (Å²) < 4.78 is 10.0. The number of hydrogen-bond acceptors (Lipinski definition) is 6. The normalized spacial score (nSPS) is 18.8. The van der Waals surface area contributed by atoms with Crippen LogP contribution >= 0.6 is 0 Å². The van der Waals surface area contributed by atoms with Crippen LogP contribution in [-0.2, 0) is 29.3 Å². The number of carbonyl (C=O) groups is 4. The molecule has 3 rings (SSSR count). The number of esters is 1.